The first kappa shape index (κ1) is 13.5. The van der Waals surface area contributed by atoms with Crippen molar-refractivity contribution in [3.05, 3.63) is 59.7 Å². The number of fused-ring (bicyclic) bond motifs is 1. The fraction of sp³-hybridized carbons (Fsp3) is 0.235. The van der Waals surface area contributed by atoms with Crippen LogP contribution in [0.3, 0.4) is 0 Å². The molecule has 21 heavy (non-hydrogen) atoms. The van der Waals surface area contributed by atoms with Crippen molar-refractivity contribution in [2.75, 3.05) is 24.6 Å². The molecule has 0 spiro atoms. The van der Waals surface area contributed by atoms with E-state index in [-0.39, 0.29) is 5.56 Å². The molecule has 108 valence electrons. The molecular formula is C17H17NO3. The third kappa shape index (κ3) is 2.84. The lowest BCUT2D eigenvalue weighted by Gasteiger charge is -2.32. The predicted octanol–water partition coefficient (Wildman–Crippen LogP) is 2.83. The summed E-state index contributed by atoms with van der Waals surface area (Å²) in [6.07, 6.45) is 0.928. The summed E-state index contributed by atoms with van der Waals surface area (Å²) in [7, 11) is 0. The highest BCUT2D eigenvalue weighted by molar-refractivity contribution is 5.93. The van der Waals surface area contributed by atoms with Crippen molar-refractivity contribution in [2.45, 2.75) is 6.42 Å². The number of para-hydroxylation sites is 1. The minimum absolute atomic E-state index is 0.233. The molecule has 0 fully saturated rings. The molecule has 3 rings (SSSR count). The Morgan fingerprint density at radius 2 is 1.95 bits per heavy atom. The van der Waals surface area contributed by atoms with Gasteiger partial charge in [-0.15, -0.1) is 0 Å². The van der Waals surface area contributed by atoms with Crippen LogP contribution in [0.4, 0.5) is 5.69 Å². The van der Waals surface area contributed by atoms with E-state index in [4.69, 9.17) is 4.74 Å². The molecule has 0 radical (unpaired) electrons. The largest absolute Gasteiger partial charge is 0.489 e. The third-order valence-electron chi connectivity index (χ3n) is 3.69. The molecule has 2 aromatic rings. The maximum absolute atomic E-state index is 11.3. The number of benzene rings is 2. The minimum atomic E-state index is -0.947. The Labute approximate surface area is 123 Å². The van der Waals surface area contributed by atoms with E-state index in [1.54, 1.807) is 12.1 Å². The topological polar surface area (TPSA) is 49.8 Å². The molecule has 0 bridgehead atoms. The fourth-order valence-corrected chi connectivity index (χ4v) is 2.61. The normalized spacial score (nSPS) is 13.4. The van der Waals surface area contributed by atoms with Crippen molar-refractivity contribution in [3.8, 4) is 5.75 Å². The van der Waals surface area contributed by atoms with Crippen LogP contribution in [-0.4, -0.2) is 30.8 Å². The Morgan fingerprint density at radius 1 is 1.14 bits per heavy atom. The van der Waals surface area contributed by atoms with Crippen LogP contribution >= 0.6 is 0 Å². The Bertz CT molecular complexity index is 640. The van der Waals surface area contributed by atoms with Crippen molar-refractivity contribution >= 4 is 11.7 Å². The fourth-order valence-electron chi connectivity index (χ4n) is 2.61. The van der Waals surface area contributed by atoms with Crippen LogP contribution in [0, 0.1) is 0 Å². The van der Waals surface area contributed by atoms with Gasteiger partial charge in [0.1, 0.15) is 12.2 Å². The quantitative estimate of drug-likeness (QED) is 0.937. The van der Waals surface area contributed by atoms with Gasteiger partial charge in [-0.3, -0.25) is 0 Å². The molecule has 1 aliphatic heterocycles. The summed E-state index contributed by atoms with van der Waals surface area (Å²) < 4.78 is 5.58. The smallest absolute Gasteiger partial charge is 0.339 e. The number of anilines is 1. The monoisotopic (exact) mass is 283 g/mol. The Morgan fingerprint density at radius 3 is 2.71 bits per heavy atom. The molecule has 1 aliphatic rings. The summed E-state index contributed by atoms with van der Waals surface area (Å²) >= 11 is 0. The van der Waals surface area contributed by atoms with Crippen LogP contribution in [0.1, 0.15) is 15.9 Å². The Balaban J connectivity index is 1.81. The number of rotatable bonds is 4. The van der Waals surface area contributed by atoms with Crippen LogP contribution in [0.25, 0.3) is 0 Å². The predicted molar refractivity (Wildman–Crippen MR) is 81.3 cm³/mol. The zero-order chi connectivity index (χ0) is 14.7. The highest BCUT2D eigenvalue weighted by Crippen LogP contribution is 2.34. The van der Waals surface area contributed by atoms with Crippen molar-refractivity contribution in [3.63, 3.8) is 0 Å². The Hall–Kier alpha value is -2.49. The van der Waals surface area contributed by atoms with E-state index in [1.807, 2.05) is 24.3 Å². The summed E-state index contributed by atoms with van der Waals surface area (Å²) in [6.45, 7) is 2.15. The molecule has 0 saturated heterocycles. The highest BCUT2D eigenvalue weighted by atomic mass is 16.5. The first-order valence-corrected chi connectivity index (χ1v) is 7.03. The van der Waals surface area contributed by atoms with E-state index in [1.165, 1.54) is 5.56 Å². The van der Waals surface area contributed by atoms with E-state index in [0.717, 1.165) is 25.2 Å². The first-order valence-electron chi connectivity index (χ1n) is 7.03. The zero-order valence-electron chi connectivity index (χ0n) is 11.7. The zero-order valence-corrected chi connectivity index (χ0v) is 11.7. The summed E-state index contributed by atoms with van der Waals surface area (Å²) in [5.41, 5.74) is 2.38. The van der Waals surface area contributed by atoms with Gasteiger partial charge in [-0.25, -0.2) is 4.79 Å². The van der Waals surface area contributed by atoms with Crippen molar-refractivity contribution in [2.24, 2.45) is 0 Å². The summed E-state index contributed by atoms with van der Waals surface area (Å²) in [4.78, 5) is 13.5. The maximum atomic E-state index is 11.3. The van der Waals surface area contributed by atoms with Gasteiger partial charge in [-0.2, -0.15) is 0 Å². The van der Waals surface area contributed by atoms with Gasteiger partial charge >= 0.3 is 5.97 Å². The standard InChI is InChI=1S/C17H17NO3/c19-17(20)14-7-4-8-15-16(14)21-12-11-18(15)10-9-13-5-2-1-3-6-13/h1-8H,9-12H2,(H,19,20). The third-order valence-corrected chi connectivity index (χ3v) is 3.69. The highest BCUT2D eigenvalue weighted by Gasteiger charge is 2.23. The summed E-state index contributed by atoms with van der Waals surface area (Å²) in [5.74, 6) is -0.457. The average Bonchev–Trinajstić information content (AvgIpc) is 2.53. The molecule has 0 amide bonds. The van der Waals surface area contributed by atoms with Gasteiger partial charge in [0.15, 0.2) is 5.75 Å². The van der Waals surface area contributed by atoms with Crippen molar-refractivity contribution in [1.29, 1.82) is 0 Å². The molecular weight excluding hydrogens is 266 g/mol. The number of carbonyl (C=O) groups is 1. The summed E-state index contributed by atoms with van der Waals surface area (Å²) in [5, 5.41) is 9.24. The van der Waals surface area contributed by atoms with Gasteiger partial charge in [0.2, 0.25) is 0 Å². The minimum Gasteiger partial charge on any atom is -0.489 e. The molecule has 4 heteroatoms. The summed E-state index contributed by atoms with van der Waals surface area (Å²) in [6, 6.07) is 15.6. The van der Waals surface area contributed by atoms with Gasteiger partial charge in [0, 0.05) is 6.54 Å². The number of carboxylic acid groups (broad SMARTS) is 1. The number of aromatic carboxylic acids is 1. The number of carboxylic acids is 1. The second-order valence-corrected chi connectivity index (χ2v) is 5.03. The molecule has 0 atom stereocenters. The SMILES string of the molecule is O=C(O)c1cccc2c1OCCN2CCc1ccccc1. The lowest BCUT2D eigenvalue weighted by molar-refractivity contribution is 0.0692. The molecule has 1 heterocycles. The van der Waals surface area contributed by atoms with E-state index in [0.29, 0.717) is 12.4 Å². The molecule has 1 N–H and O–H groups in total. The van der Waals surface area contributed by atoms with Crippen LogP contribution < -0.4 is 9.64 Å². The first-order chi connectivity index (χ1) is 10.3. The van der Waals surface area contributed by atoms with Gasteiger partial charge in [0.05, 0.1) is 12.2 Å². The number of hydrogen-bond donors (Lipinski definition) is 1. The van der Waals surface area contributed by atoms with Crippen LogP contribution in [-0.2, 0) is 6.42 Å². The molecule has 2 aromatic carbocycles. The lowest BCUT2D eigenvalue weighted by Crippen LogP contribution is -2.34. The molecule has 4 nitrogen and oxygen atoms in total. The van der Waals surface area contributed by atoms with Crippen molar-refractivity contribution < 1.29 is 14.6 Å². The van der Waals surface area contributed by atoms with Crippen molar-refractivity contribution in [1.82, 2.24) is 0 Å². The van der Waals surface area contributed by atoms with Gasteiger partial charge in [-0.1, -0.05) is 36.4 Å². The maximum Gasteiger partial charge on any atom is 0.339 e. The number of ether oxygens (including phenoxy) is 1. The van der Waals surface area contributed by atoms with E-state index < -0.39 is 5.97 Å². The second-order valence-electron chi connectivity index (χ2n) is 5.03. The molecule has 0 aliphatic carbocycles. The number of nitrogens with zero attached hydrogens (tertiary/aromatic N) is 1. The number of hydrogen-bond acceptors (Lipinski definition) is 3. The van der Waals surface area contributed by atoms with Gasteiger partial charge in [-0.05, 0) is 24.1 Å². The van der Waals surface area contributed by atoms with Crippen LogP contribution in [0.2, 0.25) is 0 Å². The van der Waals surface area contributed by atoms with Gasteiger partial charge < -0.3 is 14.7 Å². The van der Waals surface area contributed by atoms with E-state index >= 15 is 0 Å². The average molecular weight is 283 g/mol. The molecule has 0 unspecified atom stereocenters. The van der Waals surface area contributed by atoms with Crippen LogP contribution in [0.5, 0.6) is 5.75 Å². The van der Waals surface area contributed by atoms with E-state index in [9.17, 15) is 9.90 Å². The Kier molecular flexibility index (Phi) is 3.77. The van der Waals surface area contributed by atoms with E-state index in [2.05, 4.69) is 17.0 Å². The lowest BCUT2D eigenvalue weighted by atomic mass is 10.1. The molecule has 0 aromatic heterocycles. The second kappa shape index (κ2) is 5.87. The van der Waals surface area contributed by atoms with Gasteiger partial charge in [0.25, 0.3) is 0 Å². The molecule has 0 saturated carbocycles. The van der Waals surface area contributed by atoms with Crippen LogP contribution in [0.15, 0.2) is 48.5 Å².